The number of hydrogen-bond donors (Lipinski definition) is 2. The molecule has 6 nitrogen and oxygen atoms in total. The molecule has 1 heterocycles. The van der Waals surface area contributed by atoms with Gasteiger partial charge in [-0.05, 0) is 37.1 Å². The maximum atomic E-state index is 12.1. The Morgan fingerprint density at radius 2 is 1.81 bits per heavy atom. The molecule has 6 heteroatoms. The molecule has 0 radical (unpaired) electrons. The van der Waals surface area contributed by atoms with Gasteiger partial charge in [-0.25, -0.2) is 0 Å². The molecule has 1 aromatic heterocycles. The molecular formula is C21H25N3O3. The summed E-state index contributed by atoms with van der Waals surface area (Å²) >= 11 is 0. The molecule has 0 spiro atoms. The summed E-state index contributed by atoms with van der Waals surface area (Å²) in [6, 6.07) is 10.7. The van der Waals surface area contributed by atoms with Crippen LogP contribution < -0.4 is 15.4 Å². The van der Waals surface area contributed by atoms with Gasteiger partial charge in [0, 0.05) is 43.0 Å². The van der Waals surface area contributed by atoms with Crippen molar-refractivity contribution in [2.45, 2.75) is 38.5 Å². The molecule has 1 aliphatic rings. The highest BCUT2D eigenvalue weighted by atomic mass is 16.5. The zero-order valence-electron chi connectivity index (χ0n) is 15.3. The van der Waals surface area contributed by atoms with Crippen LogP contribution in [0.4, 0.5) is 5.69 Å². The number of anilines is 1. The Labute approximate surface area is 159 Å². The number of rotatable bonds is 7. The normalized spacial score (nSPS) is 14.4. The van der Waals surface area contributed by atoms with Gasteiger partial charge in [0.1, 0.15) is 11.5 Å². The lowest BCUT2D eigenvalue weighted by atomic mass is 9.89. The second kappa shape index (κ2) is 9.71. The quantitative estimate of drug-likeness (QED) is 0.778. The minimum Gasteiger partial charge on any atom is -0.457 e. The van der Waals surface area contributed by atoms with Crippen LogP contribution in [0.2, 0.25) is 0 Å². The van der Waals surface area contributed by atoms with E-state index in [9.17, 15) is 9.59 Å². The molecule has 0 unspecified atom stereocenters. The van der Waals surface area contributed by atoms with Gasteiger partial charge in [-0.2, -0.15) is 0 Å². The number of hydrogen-bond acceptors (Lipinski definition) is 4. The van der Waals surface area contributed by atoms with Crippen LogP contribution in [0.3, 0.4) is 0 Å². The average molecular weight is 367 g/mol. The van der Waals surface area contributed by atoms with E-state index in [1.165, 1.54) is 6.42 Å². The van der Waals surface area contributed by atoms with Crippen LogP contribution in [-0.4, -0.2) is 23.3 Å². The number of aromatic nitrogens is 1. The molecule has 142 valence electrons. The number of carbonyl (C=O) groups is 2. The minimum atomic E-state index is -0.139. The molecule has 3 rings (SSSR count). The van der Waals surface area contributed by atoms with Gasteiger partial charge >= 0.3 is 0 Å². The fourth-order valence-electron chi connectivity index (χ4n) is 3.21. The van der Waals surface area contributed by atoms with Gasteiger partial charge in [-0.3, -0.25) is 14.6 Å². The molecule has 27 heavy (non-hydrogen) atoms. The molecule has 0 aliphatic heterocycles. The largest absolute Gasteiger partial charge is 0.457 e. The number of pyridine rings is 1. The van der Waals surface area contributed by atoms with Gasteiger partial charge < -0.3 is 15.4 Å². The molecule has 0 atom stereocenters. The fraction of sp³-hybridized carbons (Fsp3) is 0.381. The smallest absolute Gasteiger partial charge is 0.226 e. The van der Waals surface area contributed by atoms with Gasteiger partial charge in [-0.15, -0.1) is 0 Å². The van der Waals surface area contributed by atoms with Crippen molar-refractivity contribution in [2.75, 3.05) is 11.9 Å². The summed E-state index contributed by atoms with van der Waals surface area (Å²) < 4.78 is 5.73. The lowest BCUT2D eigenvalue weighted by Gasteiger charge is -2.20. The van der Waals surface area contributed by atoms with E-state index in [0.717, 1.165) is 25.7 Å². The molecule has 1 fully saturated rings. The SMILES string of the molecule is O=C(CCNC(=O)C1CCCCC1)Nc1cccc(Oc2ccncc2)c1. The molecule has 0 bridgehead atoms. The van der Waals surface area contributed by atoms with E-state index >= 15 is 0 Å². The van der Waals surface area contributed by atoms with Crippen molar-refractivity contribution >= 4 is 17.5 Å². The minimum absolute atomic E-state index is 0.0789. The Balaban J connectivity index is 1.43. The van der Waals surface area contributed by atoms with Crippen molar-refractivity contribution in [3.8, 4) is 11.5 Å². The third-order valence-corrected chi connectivity index (χ3v) is 4.63. The van der Waals surface area contributed by atoms with Crippen molar-refractivity contribution in [1.29, 1.82) is 0 Å². The Morgan fingerprint density at radius 1 is 1.04 bits per heavy atom. The molecule has 2 N–H and O–H groups in total. The molecular weight excluding hydrogens is 342 g/mol. The highest BCUT2D eigenvalue weighted by Crippen LogP contribution is 2.24. The van der Waals surface area contributed by atoms with Crippen LogP contribution in [0.25, 0.3) is 0 Å². The zero-order valence-corrected chi connectivity index (χ0v) is 15.3. The van der Waals surface area contributed by atoms with Gasteiger partial charge in [0.25, 0.3) is 0 Å². The van der Waals surface area contributed by atoms with Crippen molar-refractivity contribution in [3.63, 3.8) is 0 Å². The summed E-state index contributed by atoms with van der Waals surface area (Å²) in [5.74, 6) is 1.36. The van der Waals surface area contributed by atoms with Crippen LogP contribution in [0, 0.1) is 5.92 Å². The fourth-order valence-corrected chi connectivity index (χ4v) is 3.21. The first-order valence-corrected chi connectivity index (χ1v) is 9.46. The maximum Gasteiger partial charge on any atom is 0.226 e. The third-order valence-electron chi connectivity index (χ3n) is 4.63. The highest BCUT2D eigenvalue weighted by molar-refractivity contribution is 5.91. The van der Waals surface area contributed by atoms with Gasteiger partial charge in [0.15, 0.2) is 0 Å². The molecule has 2 amide bonds. The van der Waals surface area contributed by atoms with Gasteiger partial charge in [0.2, 0.25) is 11.8 Å². The Morgan fingerprint density at radius 3 is 2.59 bits per heavy atom. The average Bonchev–Trinajstić information content (AvgIpc) is 2.69. The van der Waals surface area contributed by atoms with Crippen LogP contribution >= 0.6 is 0 Å². The second-order valence-corrected chi connectivity index (χ2v) is 6.74. The van der Waals surface area contributed by atoms with Crippen molar-refractivity contribution in [1.82, 2.24) is 10.3 Å². The predicted molar refractivity (Wildman–Crippen MR) is 104 cm³/mol. The summed E-state index contributed by atoms with van der Waals surface area (Å²) in [5.41, 5.74) is 0.658. The van der Waals surface area contributed by atoms with Crippen LogP contribution in [-0.2, 0) is 9.59 Å². The van der Waals surface area contributed by atoms with E-state index in [2.05, 4.69) is 15.6 Å². The van der Waals surface area contributed by atoms with Gasteiger partial charge in [0.05, 0.1) is 0 Å². The maximum absolute atomic E-state index is 12.1. The first-order valence-electron chi connectivity index (χ1n) is 9.46. The van der Waals surface area contributed by atoms with Crippen LogP contribution in [0.15, 0.2) is 48.8 Å². The van der Waals surface area contributed by atoms with E-state index in [1.807, 2.05) is 12.1 Å². The van der Waals surface area contributed by atoms with Crippen LogP contribution in [0.5, 0.6) is 11.5 Å². The summed E-state index contributed by atoms with van der Waals surface area (Å²) in [6.07, 6.45) is 8.94. The molecule has 1 saturated carbocycles. The monoisotopic (exact) mass is 367 g/mol. The van der Waals surface area contributed by atoms with Gasteiger partial charge in [-0.1, -0.05) is 25.3 Å². The predicted octanol–water partition coefficient (Wildman–Crippen LogP) is 3.90. The van der Waals surface area contributed by atoms with E-state index < -0.39 is 0 Å². The lowest BCUT2D eigenvalue weighted by molar-refractivity contribution is -0.126. The first kappa shape index (κ1) is 18.9. The Hall–Kier alpha value is -2.89. The topological polar surface area (TPSA) is 80.3 Å². The first-order chi connectivity index (χ1) is 13.2. The highest BCUT2D eigenvalue weighted by Gasteiger charge is 2.20. The molecule has 2 aromatic rings. The van der Waals surface area contributed by atoms with Crippen LogP contribution in [0.1, 0.15) is 38.5 Å². The van der Waals surface area contributed by atoms with E-state index in [4.69, 9.17) is 4.74 Å². The third kappa shape index (κ3) is 6.09. The number of carbonyl (C=O) groups excluding carboxylic acids is 2. The number of amides is 2. The zero-order chi connectivity index (χ0) is 18.9. The Kier molecular flexibility index (Phi) is 6.79. The van der Waals surface area contributed by atoms with Crippen molar-refractivity contribution < 1.29 is 14.3 Å². The summed E-state index contributed by atoms with van der Waals surface area (Å²) in [6.45, 7) is 0.356. The van der Waals surface area contributed by atoms with E-state index in [0.29, 0.717) is 23.7 Å². The standard InChI is InChI=1S/C21H25N3O3/c25-20(11-14-23-21(26)16-5-2-1-3-6-16)24-17-7-4-8-19(15-17)27-18-9-12-22-13-10-18/h4,7-10,12-13,15-16H,1-3,5-6,11,14H2,(H,23,26)(H,24,25). The number of nitrogens with zero attached hydrogens (tertiary/aromatic N) is 1. The Bertz CT molecular complexity index is 758. The van der Waals surface area contributed by atoms with Crippen molar-refractivity contribution in [2.24, 2.45) is 5.92 Å². The number of benzene rings is 1. The number of nitrogens with one attached hydrogen (secondary N) is 2. The molecule has 1 aliphatic carbocycles. The lowest BCUT2D eigenvalue weighted by Crippen LogP contribution is -2.34. The number of ether oxygens (including phenoxy) is 1. The molecule has 1 aromatic carbocycles. The summed E-state index contributed by atoms with van der Waals surface area (Å²) in [5, 5.41) is 5.72. The van der Waals surface area contributed by atoms with E-state index in [-0.39, 0.29) is 24.2 Å². The summed E-state index contributed by atoms with van der Waals surface area (Å²) in [4.78, 5) is 28.2. The second-order valence-electron chi connectivity index (χ2n) is 6.74. The van der Waals surface area contributed by atoms with Crippen molar-refractivity contribution in [3.05, 3.63) is 48.8 Å². The molecule has 0 saturated heterocycles. The summed E-state index contributed by atoms with van der Waals surface area (Å²) in [7, 11) is 0. The van der Waals surface area contributed by atoms with E-state index in [1.54, 1.807) is 36.7 Å².